The van der Waals surface area contributed by atoms with E-state index in [-0.39, 0.29) is 11.1 Å². The number of rotatable bonds is 3. The molecule has 0 atom stereocenters. The number of benzene rings is 2. The van der Waals surface area contributed by atoms with Crippen molar-refractivity contribution in [2.45, 2.75) is 0 Å². The summed E-state index contributed by atoms with van der Waals surface area (Å²) in [6, 6.07) is 19.5. The zero-order valence-electron chi connectivity index (χ0n) is 12.0. The van der Waals surface area contributed by atoms with Crippen molar-refractivity contribution in [2.24, 2.45) is 0 Å². The third-order valence-corrected chi connectivity index (χ3v) is 3.86. The van der Waals surface area contributed by atoms with Gasteiger partial charge in [0.2, 0.25) is 0 Å². The zero-order valence-corrected chi connectivity index (χ0v) is 13.5. The number of nitrogens with zero attached hydrogens (tertiary/aromatic N) is 1. The minimum Gasteiger partial charge on any atom is -0.457 e. The Morgan fingerprint density at radius 1 is 1.04 bits per heavy atom. The Balaban J connectivity index is 1.95. The topological polar surface area (TPSA) is 36.9 Å². The third kappa shape index (κ3) is 3.41. The van der Waals surface area contributed by atoms with Gasteiger partial charge in [0.25, 0.3) is 0 Å². The van der Waals surface area contributed by atoms with E-state index in [4.69, 9.17) is 4.42 Å². The fourth-order valence-corrected chi connectivity index (χ4v) is 2.46. The molecule has 0 aliphatic carbocycles. The fraction of sp³-hybridized carbons (Fsp3) is 0. The normalized spacial score (nSPS) is 11.3. The van der Waals surface area contributed by atoms with Crippen LogP contribution in [0.1, 0.15) is 11.3 Å². The average Bonchev–Trinajstić information content (AvgIpc) is 3.03. The van der Waals surface area contributed by atoms with Gasteiger partial charge in [0.05, 0.1) is 11.6 Å². The molecule has 0 saturated carbocycles. The molecule has 0 aliphatic rings. The lowest BCUT2D eigenvalue weighted by molar-refractivity contribution is 0.572. The molecule has 0 amide bonds. The molecule has 0 unspecified atom stereocenters. The van der Waals surface area contributed by atoms with Crippen LogP contribution >= 0.6 is 15.9 Å². The first-order valence-electron chi connectivity index (χ1n) is 6.90. The van der Waals surface area contributed by atoms with Gasteiger partial charge in [-0.2, -0.15) is 5.26 Å². The Bertz CT molecular complexity index is 904. The Labute approximate surface area is 141 Å². The van der Waals surface area contributed by atoms with E-state index in [1.54, 1.807) is 30.3 Å². The van der Waals surface area contributed by atoms with Crippen molar-refractivity contribution in [1.29, 1.82) is 5.26 Å². The van der Waals surface area contributed by atoms with Gasteiger partial charge in [0, 0.05) is 15.6 Å². The second-order valence-corrected chi connectivity index (χ2v) is 5.77. The lowest BCUT2D eigenvalue weighted by Crippen LogP contribution is -1.86. The molecule has 4 heteroatoms. The van der Waals surface area contributed by atoms with Crippen LogP contribution in [-0.4, -0.2) is 0 Å². The first-order chi connectivity index (χ1) is 11.2. The minimum atomic E-state index is -0.431. The van der Waals surface area contributed by atoms with Crippen LogP contribution in [0.2, 0.25) is 0 Å². The van der Waals surface area contributed by atoms with Crippen LogP contribution in [0.15, 0.2) is 69.6 Å². The van der Waals surface area contributed by atoms with E-state index in [1.807, 2.05) is 36.4 Å². The number of furan rings is 1. The van der Waals surface area contributed by atoms with Gasteiger partial charge in [-0.05, 0) is 36.4 Å². The van der Waals surface area contributed by atoms with Gasteiger partial charge in [-0.1, -0.05) is 46.3 Å². The van der Waals surface area contributed by atoms with Crippen LogP contribution in [0, 0.1) is 17.1 Å². The Morgan fingerprint density at radius 3 is 2.48 bits per heavy atom. The molecule has 1 aromatic heterocycles. The van der Waals surface area contributed by atoms with E-state index in [9.17, 15) is 9.65 Å². The number of halogens is 2. The molecule has 0 fully saturated rings. The summed E-state index contributed by atoms with van der Waals surface area (Å²) in [5, 5.41) is 9.29. The largest absolute Gasteiger partial charge is 0.457 e. The molecule has 0 bridgehead atoms. The fourth-order valence-electron chi connectivity index (χ4n) is 2.19. The van der Waals surface area contributed by atoms with Crippen LogP contribution in [0.3, 0.4) is 0 Å². The highest BCUT2D eigenvalue weighted by Crippen LogP contribution is 2.27. The van der Waals surface area contributed by atoms with E-state index < -0.39 is 5.82 Å². The summed E-state index contributed by atoms with van der Waals surface area (Å²) in [4.78, 5) is 0. The Morgan fingerprint density at radius 2 is 1.78 bits per heavy atom. The monoisotopic (exact) mass is 367 g/mol. The number of hydrogen-bond acceptors (Lipinski definition) is 2. The van der Waals surface area contributed by atoms with Crippen LogP contribution in [0.4, 0.5) is 4.39 Å². The second-order valence-electron chi connectivity index (χ2n) is 4.86. The van der Waals surface area contributed by atoms with Crippen LogP contribution in [-0.2, 0) is 0 Å². The quantitative estimate of drug-likeness (QED) is 0.539. The van der Waals surface area contributed by atoms with Gasteiger partial charge in [-0.15, -0.1) is 0 Å². The molecule has 2 aromatic carbocycles. The van der Waals surface area contributed by atoms with Crippen LogP contribution in [0.25, 0.3) is 23.0 Å². The van der Waals surface area contributed by atoms with Gasteiger partial charge in [0.1, 0.15) is 17.3 Å². The van der Waals surface area contributed by atoms with E-state index in [2.05, 4.69) is 15.9 Å². The van der Waals surface area contributed by atoms with E-state index in [0.717, 1.165) is 10.0 Å². The van der Waals surface area contributed by atoms with Gasteiger partial charge in [-0.3, -0.25) is 0 Å². The molecular weight excluding hydrogens is 357 g/mol. The van der Waals surface area contributed by atoms with E-state index in [0.29, 0.717) is 11.5 Å². The van der Waals surface area contributed by atoms with Crippen molar-refractivity contribution in [1.82, 2.24) is 0 Å². The molecule has 112 valence electrons. The van der Waals surface area contributed by atoms with Gasteiger partial charge >= 0.3 is 0 Å². The molecule has 2 nitrogen and oxygen atoms in total. The summed E-state index contributed by atoms with van der Waals surface area (Å²) in [6.45, 7) is 0. The van der Waals surface area contributed by atoms with Crippen LogP contribution in [0.5, 0.6) is 0 Å². The van der Waals surface area contributed by atoms with Gasteiger partial charge < -0.3 is 4.42 Å². The Hall–Kier alpha value is -2.64. The Kier molecular flexibility index (Phi) is 4.40. The summed E-state index contributed by atoms with van der Waals surface area (Å²) in [7, 11) is 0. The van der Waals surface area contributed by atoms with Crippen molar-refractivity contribution in [3.8, 4) is 17.4 Å². The SMILES string of the molecule is N#CC(=Cc1ccc(-c2ccc(Br)cc2)o1)c1ccccc1F. The van der Waals surface area contributed by atoms with Crippen molar-refractivity contribution in [3.63, 3.8) is 0 Å². The lowest BCUT2D eigenvalue weighted by atomic mass is 10.1. The molecule has 1 heterocycles. The van der Waals surface area contributed by atoms with Crippen LogP contribution < -0.4 is 0 Å². The maximum Gasteiger partial charge on any atom is 0.134 e. The highest BCUT2D eigenvalue weighted by Gasteiger charge is 2.09. The van der Waals surface area contributed by atoms with Crippen molar-refractivity contribution in [3.05, 3.63) is 82.3 Å². The third-order valence-electron chi connectivity index (χ3n) is 3.33. The summed E-state index contributed by atoms with van der Waals surface area (Å²) < 4.78 is 20.5. The molecule has 3 aromatic rings. The molecule has 0 radical (unpaired) electrons. The molecule has 23 heavy (non-hydrogen) atoms. The maximum atomic E-state index is 13.8. The summed E-state index contributed by atoms with van der Waals surface area (Å²) in [6.07, 6.45) is 1.54. The lowest BCUT2D eigenvalue weighted by Gasteiger charge is -2.00. The molecular formula is C19H11BrFNO. The number of nitriles is 1. The van der Waals surface area contributed by atoms with Gasteiger partial charge in [0.15, 0.2) is 0 Å². The molecule has 0 saturated heterocycles. The minimum absolute atomic E-state index is 0.222. The first kappa shape index (κ1) is 15.3. The molecule has 0 spiro atoms. The highest BCUT2D eigenvalue weighted by molar-refractivity contribution is 9.10. The standard InChI is InChI=1S/C19H11BrFNO/c20-15-7-5-13(6-8-15)19-10-9-16(23-19)11-14(12-22)17-3-1-2-4-18(17)21/h1-11H. The highest BCUT2D eigenvalue weighted by atomic mass is 79.9. The van der Waals surface area contributed by atoms with Crippen molar-refractivity contribution < 1.29 is 8.81 Å². The van der Waals surface area contributed by atoms with Crippen molar-refractivity contribution in [2.75, 3.05) is 0 Å². The van der Waals surface area contributed by atoms with E-state index in [1.165, 1.54) is 6.07 Å². The molecule has 0 aliphatic heterocycles. The number of hydrogen-bond donors (Lipinski definition) is 0. The first-order valence-corrected chi connectivity index (χ1v) is 7.69. The average molecular weight is 368 g/mol. The summed E-state index contributed by atoms with van der Waals surface area (Å²) >= 11 is 3.39. The maximum absolute atomic E-state index is 13.8. The van der Waals surface area contributed by atoms with E-state index >= 15 is 0 Å². The second kappa shape index (κ2) is 6.64. The summed E-state index contributed by atoms with van der Waals surface area (Å²) in [5.41, 5.74) is 1.41. The smallest absolute Gasteiger partial charge is 0.134 e. The summed E-state index contributed by atoms with van der Waals surface area (Å²) in [5.74, 6) is 0.761. The van der Waals surface area contributed by atoms with Crippen molar-refractivity contribution >= 4 is 27.6 Å². The number of allylic oxidation sites excluding steroid dienone is 1. The van der Waals surface area contributed by atoms with Gasteiger partial charge in [-0.25, -0.2) is 4.39 Å². The predicted octanol–water partition coefficient (Wildman–Crippen LogP) is 5.91. The predicted molar refractivity (Wildman–Crippen MR) is 91.7 cm³/mol. The molecule has 0 N–H and O–H groups in total. The zero-order chi connectivity index (χ0) is 16.2. The molecule has 3 rings (SSSR count).